The number of hydrogen-bond donors (Lipinski definition) is 3. The number of hydrogen-bond acceptors (Lipinski definition) is 4. The molecule has 1 rings (SSSR count). The van der Waals surface area contributed by atoms with Gasteiger partial charge in [0.2, 0.25) is 0 Å². The molecule has 13 heavy (non-hydrogen) atoms. The summed E-state index contributed by atoms with van der Waals surface area (Å²) in [4.78, 5) is 0.446. The van der Waals surface area contributed by atoms with E-state index in [-0.39, 0.29) is 12.3 Å². The van der Waals surface area contributed by atoms with Crippen molar-refractivity contribution < 1.29 is 4.74 Å². The lowest BCUT2D eigenvalue weighted by Gasteiger charge is -2.30. The molecule has 1 saturated heterocycles. The fourth-order valence-corrected chi connectivity index (χ4v) is 1.29. The third-order valence-electron chi connectivity index (χ3n) is 1.78. The van der Waals surface area contributed by atoms with Crippen LogP contribution in [0.25, 0.3) is 0 Å². The number of nitrogens with two attached hydrogens (primary N) is 1. The Morgan fingerprint density at radius 2 is 2.46 bits per heavy atom. The molecule has 0 amide bonds. The van der Waals surface area contributed by atoms with Gasteiger partial charge in [-0.2, -0.15) is 0 Å². The highest BCUT2D eigenvalue weighted by atomic mass is 32.1. The molecule has 0 aromatic carbocycles. The predicted molar refractivity (Wildman–Crippen MR) is 55.2 cm³/mol. The molecule has 0 spiro atoms. The van der Waals surface area contributed by atoms with Gasteiger partial charge >= 0.3 is 0 Å². The van der Waals surface area contributed by atoms with Crippen LogP contribution in [0.1, 0.15) is 0 Å². The minimum absolute atomic E-state index is 0.00785. The zero-order valence-corrected chi connectivity index (χ0v) is 8.06. The van der Waals surface area contributed by atoms with E-state index >= 15 is 0 Å². The highest BCUT2D eigenvalue weighted by molar-refractivity contribution is 7.80. The third kappa shape index (κ3) is 3.28. The van der Waals surface area contributed by atoms with Crippen molar-refractivity contribution >= 4 is 17.2 Å². The smallest absolute Gasteiger partial charge is 0.122 e. The van der Waals surface area contributed by atoms with E-state index in [9.17, 15) is 0 Å². The van der Waals surface area contributed by atoms with E-state index < -0.39 is 0 Å². The maximum absolute atomic E-state index is 5.49. The SMILES string of the molecule is C#CCOC1CNCC(C(N)=S)N1. The van der Waals surface area contributed by atoms with Crippen molar-refractivity contribution in [2.45, 2.75) is 12.3 Å². The highest BCUT2D eigenvalue weighted by Gasteiger charge is 2.22. The first-order chi connectivity index (χ1) is 6.24. The summed E-state index contributed by atoms with van der Waals surface area (Å²) in [6, 6.07) is -0.00785. The maximum atomic E-state index is 5.49. The minimum atomic E-state index is -0.101. The van der Waals surface area contributed by atoms with Gasteiger partial charge in [0.05, 0.1) is 11.0 Å². The van der Waals surface area contributed by atoms with Crippen molar-refractivity contribution in [2.75, 3.05) is 19.7 Å². The summed E-state index contributed by atoms with van der Waals surface area (Å²) < 4.78 is 5.29. The molecule has 1 fully saturated rings. The molecule has 1 aliphatic rings. The van der Waals surface area contributed by atoms with Crippen molar-refractivity contribution in [3.63, 3.8) is 0 Å². The van der Waals surface area contributed by atoms with E-state index in [0.717, 1.165) is 13.1 Å². The van der Waals surface area contributed by atoms with Crippen LogP contribution < -0.4 is 16.4 Å². The van der Waals surface area contributed by atoms with Gasteiger partial charge in [-0.25, -0.2) is 0 Å². The third-order valence-corrected chi connectivity index (χ3v) is 2.06. The molecule has 5 heteroatoms. The van der Waals surface area contributed by atoms with Gasteiger partial charge in [0, 0.05) is 13.1 Å². The van der Waals surface area contributed by atoms with Crippen molar-refractivity contribution in [1.29, 1.82) is 0 Å². The Labute approximate surface area is 83.2 Å². The predicted octanol–water partition coefficient (Wildman–Crippen LogP) is -1.19. The van der Waals surface area contributed by atoms with Gasteiger partial charge < -0.3 is 15.8 Å². The monoisotopic (exact) mass is 199 g/mol. The Kier molecular flexibility index (Phi) is 4.12. The molecule has 1 aliphatic heterocycles. The van der Waals surface area contributed by atoms with Crippen molar-refractivity contribution in [1.82, 2.24) is 10.6 Å². The Bertz CT molecular complexity index is 226. The normalized spacial score (nSPS) is 27.9. The molecule has 0 aromatic heterocycles. The Hall–Kier alpha value is -0.670. The first kappa shape index (κ1) is 10.4. The van der Waals surface area contributed by atoms with Crippen LogP contribution in [0, 0.1) is 12.3 Å². The summed E-state index contributed by atoms with van der Waals surface area (Å²) in [7, 11) is 0. The molecule has 72 valence electrons. The topological polar surface area (TPSA) is 59.3 Å². The summed E-state index contributed by atoms with van der Waals surface area (Å²) in [6.07, 6.45) is 4.97. The average molecular weight is 199 g/mol. The first-order valence-electron chi connectivity index (χ1n) is 4.05. The molecule has 0 aliphatic carbocycles. The fourth-order valence-electron chi connectivity index (χ4n) is 1.14. The van der Waals surface area contributed by atoms with E-state index in [0.29, 0.717) is 11.6 Å². The van der Waals surface area contributed by atoms with E-state index in [1.807, 2.05) is 0 Å². The molecule has 0 bridgehead atoms. The molecular formula is C8H13N3OS. The van der Waals surface area contributed by atoms with Gasteiger partial charge in [-0.1, -0.05) is 18.1 Å². The van der Waals surface area contributed by atoms with Crippen LogP contribution in [0.3, 0.4) is 0 Å². The average Bonchev–Trinajstić information content (AvgIpc) is 2.15. The lowest BCUT2D eigenvalue weighted by atomic mass is 10.2. The van der Waals surface area contributed by atoms with Gasteiger partial charge in [-0.15, -0.1) is 6.42 Å². The standard InChI is InChI=1S/C8H13N3OS/c1-2-3-12-7-5-10-4-6(11-7)8(9)13/h1,6-7,10-11H,3-5H2,(H2,9,13). The number of thiocarbonyl (C=S) groups is 1. The van der Waals surface area contributed by atoms with Crippen LogP contribution in [0.15, 0.2) is 0 Å². The van der Waals surface area contributed by atoms with Gasteiger partial charge in [0.1, 0.15) is 12.8 Å². The fraction of sp³-hybridized carbons (Fsp3) is 0.625. The van der Waals surface area contributed by atoms with Crippen molar-refractivity contribution in [3.8, 4) is 12.3 Å². The number of rotatable bonds is 3. The number of piperazine rings is 1. The van der Waals surface area contributed by atoms with Crippen LogP contribution >= 0.6 is 12.2 Å². The molecule has 0 saturated carbocycles. The van der Waals surface area contributed by atoms with Crippen LogP contribution in [0.2, 0.25) is 0 Å². The number of ether oxygens (including phenoxy) is 1. The Morgan fingerprint density at radius 1 is 1.69 bits per heavy atom. The summed E-state index contributed by atoms with van der Waals surface area (Å²) in [5.41, 5.74) is 5.49. The molecule has 2 unspecified atom stereocenters. The second-order valence-electron chi connectivity index (χ2n) is 2.78. The maximum Gasteiger partial charge on any atom is 0.122 e. The largest absolute Gasteiger partial charge is 0.392 e. The summed E-state index contributed by atoms with van der Waals surface area (Å²) in [6.45, 7) is 1.76. The Balaban J connectivity index is 2.34. The quantitative estimate of drug-likeness (QED) is 0.394. The summed E-state index contributed by atoms with van der Waals surface area (Å²) in [5.74, 6) is 2.40. The lowest BCUT2D eigenvalue weighted by Crippen LogP contribution is -2.59. The van der Waals surface area contributed by atoms with Gasteiger partial charge in [-0.3, -0.25) is 5.32 Å². The number of terminal acetylenes is 1. The first-order valence-corrected chi connectivity index (χ1v) is 4.46. The zero-order chi connectivity index (χ0) is 9.68. The van der Waals surface area contributed by atoms with Crippen molar-refractivity contribution in [2.24, 2.45) is 5.73 Å². The van der Waals surface area contributed by atoms with Crippen molar-refractivity contribution in [3.05, 3.63) is 0 Å². The molecule has 1 heterocycles. The van der Waals surface area contributed by atoms with Gasteiger partial charge in [0.25, 0.3) is 0 Å². The Morgan fingerprint density at radius 3 is 3.08 bits per heavy atom. The van der Waals surface area contributed by atoms with E-state index in [1.54, 1.807) is 0 Å². The number of nitrogens with one attached hydrogen (secondary N) is 2. The summed E-state index contributed by atoms with van der Waals surface area (Å²) in [5, 5.41) is 6.29. The van der Waals surface area contributed by atoms with Crippen LogP contribution in [0.5, 0.6) is 0 Å². The zero-order valence-electron chi connectivity index (χ0n) is 7.25. The van der Waals surface area contributed by atoms with Crippen LogP contribution in [0.4, 0.5) is 0 Å². The summed E-state index contributed by atoms with van der Waals surface area (Å²) >= 11 is 4.86. The van der Waals surface area contributed by atoms with Crippen LogP contribution in [-0.2, 0) is 4.74 Å². The van der Waals surface area contributed by atoms with E-state index in [4.69, 9.17) is 29.1 Å². The molecule has 0 radical (unpaired) electrons. The molecule has 2 atom stereocenters. The van der Waals surface area contributed by atoms with E-state index in [1.165, 1.54) is 0 Å². The highest BCUT2D eigenvalue weighted by Crippen LogP contribution is 1.96. The van der Waals surface area contributed by atoms with Gasteiger partial charge in [-0.05, 0) is 0 Å². The van der Waals surface area contributed by atoms with E-state index in [2.05, 4.69) is 16.6 Å². The molecular weight excluding hydrogens is 186 g/mol. The molecule has 0 aromatic rings. The second kappa shape index (κ2) is 5.14. The second-order valence-corrected chi connectivity index (χ2v) is 3.26. The van der Waals surface area contributed by atoms with Crippen LogP contribution in [-0.4, -0.2) is 37.0 Å². The lowest BCUT2D eigenvalue weighted by molar-refractivity contribution is 0.0359. The minimum Gasteiger partial charge on any atom is -0.392 e. The van der Waals surface area contributed by atoms with Gasteiger partial charge in [0.15, 0.2) is 0 Å². The molecule has 4 nitrogen and oxygen atoms in total. The molecule has 4 N–H and O–H groups in total.